The number of hydrogen-bond acceptors (Lipinski definition) is 2. The Balaban J connectivity index is 2.29. The molecule has 1 atom stereocenters. The Morgan fingerprint density at radius 2 is 2.06 bits per heavy atom. The standard InChI is InChI=1S/C15H24N2O/c1-4-16-11-13(3)15(18)17-10-9-14-8-6-5-7-12(14)2/h5-8,13,16H,4,9-11H2,1-3H3,(H,17,18). The molecular weight excluding hydrogens is 224 g/mol. The van der Waals surface area contributed by atoms with E-state index in [1.807, 2.05) is 26.0 Å². The molecule has 0 heterocycles. The molecule has 1 unspecified atom stereocenters. The second kappa shape index (κ2) is 7.88. The molecule has 2 N–H and O–H groups in total. The monoisotopic (exact) mass is 248 g/mol. The van der Waals surface area contributed by atoms with Gasteiger partial charge in [-0.15, -0.1) is 0 Å². The maximum absolute atomic E-state index is 11.8. The van der Waals surface area contributed by atoms with Crippen LogP contribution < -0.4 is 10.6 Å². The van der Waals surface area contributed by atoms with Crippen molar-refractivity contribution in [3.8, 4) is 0 Å². The Morgan fingerprint density at radius 1 is 1.33 bits per heavy atom. The number of rotatable bonds is 7. The van der Waals surface area contributed by atoms with Crippen molar-refractivity contribution in [1.29, 1.82) is 0 Å². The number of carbonyl (C=O) groups excluding carboxylic acids is 1. The van der Waals surface area contributed by atoms with Crippen LogP contribution in [0.2, 0.25) is 0 Å². The highest BCUT2D eigenvalue weighted by atomic mass is 16.1. The van der Waals surface area contributed by atoms with Crippen LogP contribution in [0.4, 0.5) is 0 Å². The number of amides is 1. The molecule has 100 valence electrons. The Labute approximate surface area is 110 Å². The second-order valence-corrected chi connectivity index (χ2v) is 4.68. The van der Waals surface area contributed by atoms with E-state index in [-0.39, 0.29) is 11.8 Å². The molecule has 18 heavy (non-hydrogen) atoms. The van der Waals surface area contributed by atoms with Gasteiger partial charge in [0.15, 0.2) is 0 Å². The summed E-state index contributed by atoms with van der Waals surface area (Å²) in [5, 5.41) is 6.17. The van der Waals surface area contributed by atoms with Crippen molar-refractivity contribution in [3.63, 3.8) is 0 Å². The molecule has 3 heteroatoms. The van der Waals surface area contributed by atoms with E-state index >= 15 is 0 Å². The topological polar surface area (TPSA) is 41.1 Å². The fraction of sp³-hybridized carbons (Fsp3) is 0.533. The maximum Gasteiger partial charge on any atom is 0.224 e. The van der Waals surface area contributed by atoms with Crippen LogP contribution in [0.1, 0.15) is 25.0 Å². The number of aryl methyl sites for hydroxylation is 1. The van der Waals surface area contributed by atoms with Gasteiger partial charge in [-0.05, 0) is 31.0 Å². The molecule has 0 fully saturated rings. The fourth-order valence-corrected chi connectivity index (χ4v) is 1.84. The first-order chi connectivity index (χ1) is 8.65. The van der Waals surface area contributed by atoms with Crippen LogP contribution in [0, 0.1) is 12.8 Å². The number of benzene rings is 1. The molecule has 0 radical (unpaired) electrons. The van der Waals surface area contributed by atoms with Crippen LogP contribution >= 0.6 is 0 Å². The quantitative estimate of drug-likeness (QED) is 0.774. The van der Waals surface area contributed by atoms with E-state index in [0.717, 1.165) is 19.5 Å². The summed E-state index contributed by atoms with van der Waals surface area (Å²) in [6.45, 7) is 8.45. The zero-order valence-corrected chi connectivity index (χ0v) is 11.6. The van der Waals surface area contributed by atoms with E-state index in [1.54, 1.807) is 0 Å². The molecule has 0 aliphatic rings. The third kappa shape index (κ3) is 4.88. The van der Waals surface area contributed by atoms with Crippen molar-refractivity contribution >= 4 is 5.91 Å². The normalized spacial score (nSPS) is 12.2. The van der Waals surface area contributed by atoms with Crippen LogP contribution in [-0.4, -0.2) is 25.5 Å². The highest BCUT2D eigenvalue weighted by Gasteiger charge is 2.11. The Hall–Kier alpha value is -1.35. The summed E-state index contributed by atoms with van der Waals surface area (Å²) < 4.78 is 0. The lowest BCUT2D eigenvalue weighted by atomic mass is 10.1. The van der Waals surface area contributed by atoms with Crippen LogP contribution in [0.5, 0.6) is 0 Å². The lowest BCUT2D eigenvalue weighted by Gasteiger charge is -2.13. The van der Waals surface area contributed by atoms with Gasteiger partial charge in [-0.3, -0.25) is 4.79 Å². The molecule has 1 amide bonds. The highest BCUT2D eigenvalue weighted by molar-refractivity contribution is 5.78. The van der Waals surface area contributed by atoms with Crippen molar-refractivity contribution in [2.24, 2.45) is 5.92 Å². The molecule has 0 bridgehead atoms. The SMILES string of the molecule is CCNCC(C)C(=O)NCCc1ccccc1C. The summed E-state index contributed by atoms with van der Waals surface area (Å²) in [4.78, 5) is 11.8. The summed E-state index contributed by atoms with van der Waals surface area (Å²) in [6.07, 6.45) is 0.895. The minimum atomic E-state index is 0.0295. The average molecular weight is 248 g/mol. The summed E-state index contributed by atoms with van der Waals surface area (Å²) in [5.41, 5.74) is 2.59. The predicted octanol–water partition coefficient (Wildman–Crippen LogP) is 1.90. The van der Waals surface area contributed by atoms with E-state index < -0.39 is 0 Å². The van der Waals surface area contributed by atoms with E-state index in [9.17, 15) is 4.79 Å². The first kappa shape index (κ1) is 14.7. The van der Waals surface area contributed by atoms with Gasteiger partial charge < -0.3 is 10.6 Å². The molecule has 0 saturated heterocycles. The molecule has 3 nitrogen and oxygen atoms in total. The van der Waals surface area contributed by atoms with Gasteiger partial charge in [-0.25, -0.2) is 0 Å². The zero-order valence-electron chi connectivity index (χ0n) is 11.6. The van der Waals surface area contributed by atoms with Gasteiger partial charge in [0, 0.05) is 19.0 Å². The molecule has 0 saturated carbocycles. The Morgan fingerprint density at radius 3 is 2.72 bits per heavy atom. The minimum Gasteiger partial charge on any atom is -0.355 e. The van der Waals surface area contributed by atoms with Crippen LogP contribution in [-0.2, 0) is 11.2 Å². The smallest absolute Gasteiger partial charge is 0.224 e. The number of hydrogen-bond donors (Lipinski definition) is 2. The van der Waals surface area contributed by atoms with Crippen LogP contribution in [0.15, 0.2) is 24.3 Å². The van der Waals surface area contributed by atoms with E-state index in [2.05, 4.69) is 29.7 Å². The maximum atomic E-state index is 11.8. The second-order valence-electron chi connectivity index (χ2n) is 4.68. The summed E-state index contributed by atoms with van der Waals surface area (Å²) in [5.74, 6) is 0.159. The molecule has 1 aromatic carbocycles. The first-order valence-corrected chi connectivity index (χ1v) is 6.68. The van der Waals surface area contributed by atoms with Crippen molar-refractivity contribution < 1.29 is 4.79 Å². The van der Waals surface area contributed by atoms with Crippen LogP contribution in [0.25, 0.3) is 0 Å². The van der Waals surface area contributed by atoms with Gasteiger partial charge in [0.25, 0.3) is 0 Å². The molecule has 1 rings (SSSR count). The molecule has 0 aromatic heterocycles. The van der Waals surface area contributed by atoms with E-state index in [1.165, 1.54) is 11.1 Å². The van der Waals surface area contributed by atoms with Gasteiger partial charge in [0.1, 0.15) is 0 Å². The molecule has 0 spiro atoms. The van der Waals surface area contributed by atoms with E-state index in [0.29, 0.717) is 6.54 Å². The summed E-state index contributed by atoms with van der Waals surface area (Å²) in [7, 11) is 0. The van der Waals surface area contributed by atoms with E-state index in [4.69, 9.17) is 0 Å². The van der Waals surface area contributed by atoms with Crippen molar-refractivity contribution in [2.75, 3.05) is 19.6 Å². The van der Waals surface area contributed by atoms with Gasteiger partial charge in [0.2, 0.25) is 5.91 Å². The Kier molecular flexibility index (Phi) is 6.44. The van der Waals surface area contributed by atoms with Gasteiger partial charge in [0.05, 0.1) is 0 Å². The molecular formula is C15H24N2O. The van der Waals surface area contributed by atoms with Gasteiger partial charge >= 0.3 is 0 Å². The van der Waals surface area contributed by atoms with Crippen molar-refractivity contribution in [2.45, 2.75) is 27.2 Å². The minimum absolute atomic E-state index is 0.0295. The lowest BCUT2D eigenvalue weighted by molar-refractivity contribution is -0.124. The third-order valence-electron chi connectivity index (χ3n) is 3.10. The fourth-order valence-electron chi connectivity index (χ4n) is 1.84. The predicted molar refractivity (Wildman–Crippen MR) is 75.6 cm³/mol. The van der Waals surface area contributed by atoms with Crippen molar-refractivity contribution in [3.05, 3.63) is 35.4 Å². The van der Waals surface area contributed by atoms with Crippen molar-refractivity contribution in [1.82, 2.24) is 10.6 Å². The summed E-state index contributed by atoms with van der Waals surface area (Å²) in [6, 6.07) is 8.29. The zero-order chi connectivity index (χ0) is 13.4. The molecule has 1 aromatic rings. The lowest BCUT2D eigenvalue weighted by Crippen LogP contribution is -2.36. The van der Waals surface area contributed by atoms with Gasteiger partial charge in [-0.2, -0.15) is 0 Å². The van der Waals surface area contributed by atoms with Gasteiger partial charge in [-0.1, -0.05) is 38.1 Å². The average Bonchev–Trinajstić information content (AvgIpc) is 2.38. The molecule has 0 aliphatic carbocycles. The Bertz CT molecular complexity index is 377. The highest BCUT2D eigenvalue weighted by Crippen LogP contribution is 2.06. The van der Waals surface area contributed by atoms with Crippen LogP contribution in [0.3, 0.4) is 0 Å². The number of nitrogens with one attached hydrogen (secondary N) is 2. The molecule has 0 aliphatic heterocycles. The number of carbonyl (C=O) groups is 1. The third-order valence-corrected chi connectivity index (χ3v) is 3.10. The largest absolute Gasteiger partial charge is 0.355 e. The first-order valence-electron chi connectivity index (χ1n) is 6.68. The summed E-state index contributed by atoms with van der Waals surface area (Å²) >= 11 is 0.